The number of aromatic amines is 1. The van der Waals surface area contributed by atoms with Crippen LogP contribution in [0.2, 0.25) is 0 Å². The van der Waals surface area contributed by atoms with E-state index in [-0.39, 0.29) is 12.0 Å². The largest absolute Gasteiger partial charge is 0.449 e. The molecule has 7 nitrogen and oxygen atoms in total. The van der Waals surface area contributed by atoms with E-state index in [1.54, 1.807) is 11.0 Å². The van der Waals surface area contributed by atoms with Crippen LogP contribution >= 0.6 is 0 Å². The molecule has 0 atom stereocenters. The fraction of sp³-hybridized carbons (Fsp3) is 0.286. The molecule has 2 aromatic carbocycles. The molecule has 0 saturated carbocycles. The second-order valence-corrected chi connectivity index (χ2v) is 6.86. The molecule has 28 heavy (non-hydrogen) atoms. The van der Waals surface area contributed by atoms with E-state index in [9.17, 15) is 9.59 Å². The summed E-state index contributed by atoms with van der Waals surface area (Å²) in [4.78, 5) is 25.8. The molecule has 2 heterocycles. The van der Waals surface area contributed by atoms with Gasteiger partial charge in [-0.05, 0) is 37.1 Å². The van der Waals surface area contributed by atoms with Crippen LogP contribution in [0.4, 0.5) is 4.79 Å². The van der Waals surface area contributed by atoms with E-state index < -0.39 is 0 Å². The SMILES string of the molecule is Cc1cccc2[nH]nc(-c3cccc(C(=O)NCCN4CCCOC4=O)c3)c12. The zero-order chi connectivity index (χ0) is 19.5. The summed E-state index contributed by atoms with van der Waals surface area (Å²) >= 11 is 0. The highest BCUT2D eigenvalue weighted by molar-refractivity contribution is 5.99. The number of cyclic esters (lactones) is 1. The quantitative estimate of drug-likeness (QED) is 0.714. The molecule has 1 aliphatic heterocycles. The highest BCUT2D eigenvalue weighted by Crippen LogP contribution is 2.29. The number of fused-ring (bicyclic) bond motifs is 1. The van der Waals surface area contributed by atoms with Gasteiger partial charge in [0.1, 0.15) is 5.69 Å². The van der Waals surface area contributed by atoms with Crippen LogP contribution in [0.5, 0.6) is 0 Å². The first-order chi connectivity index (χ1) is 13.6. The Bertz CT molecular complexity index is 1030. The Morgan fingerprint density at radius 2 is 2.14 bits per heavy atom. The van der Waals surface area contributed by atoms with Crippen LogP contribution < -0.4 is 5.32 Å². The molecule has 0 radical (unpaired) electrons. The lowest BCUT2D eigenvalue weighted by molar-refractivity contribution is 0.0719. The molecule has 1 aliphatic rings. The molecule has 0 spiro atoms. The van der Waals surface area contributed by atoms with Crippen molar-refractivity contribution in [2.24, 2.45) is 0 Å². The average Bonchev–Trinajstić information content (AvgIpc) is 3.15. The van der Waals surface area contributed by atoms with Crippen LogP contribution in [0.15, 0.2) is 42.5 Å². The summed E-state index contributed by atoms with van der Waals surface area (Å²) in [5.41, 5.74) is 4.37. The maximum atomic E-state index is 12.5. The van der Waals surface area contributed by atoms with Crippen molar-refractivity contribution in [1.29, 1.82) is 0 Å². The molecule has 1 fully saturated rings. The van der Waals surface area contributed by atoms with Gasteiger partial charge in [-0.15, -0.1) is 0 Å². The van der Waals surface area contributed by atoms with Crippen LogP contribution in [-0.4, -0.2) is 53.3 Å². The van der Waals surface area contributed by atoms with E-state index in [1.165, 1.54) is 0 Å². The molecule has 3 aromatic rings. The summed E-state index contributed by atoms with van der Waals surface area (Å²) in [5, 5.41) is 11.4. The number of aromatic nitrogens is 2. The van der Waals surface area contributed by atoms with Crippen molar-refractivity contribution in [2.75, 3.05) is 26.2 Å². The predicted molar refractivity (Wildman–Crippen MR) is 106 cm³/mol. The van der Waals surface area contributed by atoms with Crippen LogP contribution in [0.1, 0.15) is 22.3 Å². The van der Waals surface area contributed by atoms with Gasteiger partial charge in [-0.3, -0.25) is 9.89 Å². The van der Waals surface area contributed by atoms with Crippen LogP contribution in [0, 0.1) is 6.92 Å². The van der Waals surface area contributed by atoms with E-state index in [0.717, 1.165) is 34.1 Å². The first-order valence-electron chi connectivity index (χ1n) is 9.37. The summed E-state index contributed by atoms with van der Waals surface area (Å²) < 4.78 is 5.00. The number of amides is 2. The third kappa shape index (κ3) is 3.55. The third-order valence-corrected chi connectivity index (χ3v) is 4.92. The summed E-state index contributed by atoms with van der Waals surface area (Å²) in [6.07, 6.45) is 0.502. The molecule has 7 heteroatoms. The molecular formula is C21H22N4O3. The normalized spacial score (nSPS) is 14.2. The minimum atomic E-state index is -0.316. The van der Waals surface area contributed by atoms with Crippen molar-refractivity contribution in [1.82, 2.24) is 20.4 Å². The van der Waals surface area contributed by atoms with Crippen molar-refractivity contribution in [3.63, 3.8) is 0 Å². The highest BCUT2D eigenvalue weighted by Gasteiger charge is 2.19. The number of ether oxygens (including phenoxy) is 1. The molecule has 0 bridgehead atoms. The van der Waals surface area contributed by atoms with Crippen molar-refractivity contribution < 1.29 is 14.3 Å². The standard InChI is InChI=1S/C21H22N4O3/c1-14-5-2-8-17-18(14)19(24-23-17)15-6-3-7-16(13-15)20(26)22-9-11-25-10-4-12-28-21(25)27/h2-3,5-8,13H,4,9-12H2,1H3,(H,22,26)(H,23,24). The maximum Gasteiger partial charge on any atom is 0.409 e. The Balaban J connectivity index is 1.47. The molecule has 1 aromatic heterocycles. The highest BCUT2D eigenvalue weighted by atomic mass is 16.6. The van der Waals surface area contributed by atoms with Gasteiger partial charge in [0.25, 0.3) is 5.91 Å². The number of aryl methyl sites for hydroxylation is 1. The van der Waals surface area contributed by atoms with Gasteiger partial charge in [0, 0.05) is 36.1 Å². The van der Waals surface area contributed by atoms with Crippen molar-refractivity contribution in [3.8, 4) is 11.3 Å². The first kappa shape index (κ1) is 18.0. The zero-order valence-corrected chi connectivity index (χ0v) is 15.7. The zero-order valence-electron chi connectivity index (χ0n) is 15.7. The van der Waals surface area contributed by atoms with Crippen LogP contribution in [0.25, 0.3) is 22.2 Å². The van der Waals surface area contributed by atoms with Gasteiger partial charge in [-0.1, -0.05) is 24.3 Å². The fourth-order valence-corrected chi connectivity index (χ4v) is 3.47. The molecule has 0 unspecified atom stereocenters. The van der Waals surface area contributed by atoms with Crippen LogP contribution in [-0.2, 0) is 4.74 Å². The van der Waals surface area contributed by atoms with Crippen molar-refractivity contribution in [3.05, 3.63) is 53.6 Å². The second kappa shape index (κ2) is 7.72. The van der Waals surface area contributed by atoms with E-state index >= 15 is 0 Å². The molecule has 144 valence electrons. The lowest BCUT2D eigenvalue weighted by Crippen LogP contribution is -2.42. The van der Waals surface area contributed by atoms with Gasteiger partial charge in [0.2, 0.25) is 0 Å². The van der Waals surface area contributed by atoms with E-state index in [0.29, 0.717) is 31.8 Å². The monoisotopic (exact) mass is 378 g/mol. The number of benzene rings is 2. The number of carbonyl (C=O) groups is 2. The van der Waals surface area contributed by atoms with E-state index in [1.807, 2.05) is 43.3 Å². The average molecular weight is 378 g/mol. The lowest BCUT2D eigenvalue weighted by atomic mass is 10.0. The molecule has 2 N–H and O–H groups in total. The summed E-state index contributed by atoms with van der Waals surface area (Å²) in [6, 6.07) is 13.4. The molecule has 1 saturated heterocycles. The van der Waals surface area contributed by atoms with Gasteiger partial charge < -0.3 is 15.0 Å². The number of hydrogen-bond donors (Lipinski definition) is 2. The Kier molecular flexibility index (Phi) is 4.97. The van der Waals surface area contributed by atoms with Gasteiger partial charge in [-0.2, -0.15) is 5.10 Å². The Hall–Kier alpha value is -3.35. The van der Waals surface area contributed by atoms with Crippen molar-refractivity contribution >= 4 is 22.9 Å². The Morgan fingerprint density at radius 3 is 3.00 bits per heavy atom. The lowest BCUT2D eigenvalue weighted by Gasteiger charge is -2.26. The summed E-state index contributed by atoms with van der Waals surface area (Å²) in [6.45, 7) is 3.99. The summed E-state index contributed by atoms with van der Waals surface area (Å²) in [5.74, 6) is -0.177. The number of nitrogens with zero attached hydrogens (tertiary/aromatic N) is 2. The van der Waals surface area contributed by atoms with Gasteiger partial charge in [-0.25, -0.2) is 4.79 Å². The molecule has 4 rings (SSSR count). The van der Waals surface area contributed by atoms with Crippen LogP contribution in [0.3, 0.4) is 0 Å². The smallest absolute Gasteiger partial charge is 0.409 e. The Labute approximate surface area is 162 Å². The number of carbonyl (C=O) groups excluding carboxylic acids is 2. The van der Waals surface area contributed by atoms with Gasteiger partial charge >= 0.3 is 6.09 Å². The Morgan fingerprint density at radius 1 is 1.29 bits per heavy atom. The number of nitrogens with one attached hydrogen (secondary N) is 2. The minimum absolute atomic E-state index is 0.177. The fourth-order valence-electron chi connectivity index (χ4n) is 3.47. The van der Waals surface area contributed by atoms with Crippen molar-refractivity contribution in [2.45, 2.75) is 13.3 Å². The van der Waals surface area contributed by atoms with E-state index in [2.05, 4.69) is 15.5 Å². The first-order valence-corrected chi connectivity index (χ1v) is 9.37. The van der Waals surface area contributed by atoms with Gasteiger partial charge in [0.05, 0.1) is 12.1 Å². The molecular weight excluding hydrogens is 356 g/mol. The second-order valence-electron chi connectivity index (χ2n) is 6.86. The number of rotatable bonds is 5. The minimum Gasteiger partial charge on any atom is -0.449 e. The third-order valence-electron chi connectivity index (χ3n) is 4.92. The van der Waals surface area contributed by atoms with Gasteiger partial charge in [0.15, 0.2) is 0 Å². The molecule has 0 aliphatic carbocycles. The maximum absolute atomic E-state index is 12.5. The number of hydrogen-bond acceptors (Lipinski definition) is 4. The number of H-pyrrole nitrogens is 1. The topological polar surface area (TPSA) is 87.3 Å². The molecule has 2 amide bonds. The van der Waals surface area contributed by atoms with E-state index in [4.69, 9.17) is 4.74 Å². The summed E-state index contributed by atoms with van der Waals surface area (Å²) in [7, 11) is 0. The predicted octanol–water partition coefficient (Wildman–Crippen LogP) is 3.11.